The number of rotatable bonds is 8. The molecule has 1 amide bonds. The summed E-state index contributed by atoms with van der Waals surface area (Å²) in [7, 11) is 0. The monoisotopic (exact) mass is 760 g/mol. The summed E-state index contributed by atoms with van der Waals surface area (Å²) < 4.78 is 13.5. The second-order valence-electron chi connectivity index (χ2n) is 19.5. The third-order valence-electron chi connectivity index (χ3n) is 16.0. The van der Waals surface area contributed by atoms with Gasteiger partial charge in [0.15, 0.2) is 0 Å². The molecule has 7 rings (SSSR count). The molecule has 5 aliphatic rings. The molecule has 2 aromatic rings. The molecule has 4 fully saturated rings. The van der Waals surface area contributed by atoms with Crippen LogP contribution in [0, 0.1) is 50.2 Å². The first-order chi connectivity index (χ1) is 25.4. The number of amides is 1. The zero-order valence-electron chi connectivity index (χ0n) is 33.7. The van der Waals surface area contributed by atoms with Gasteiger partial charge >= 0.3 is 11.9 Å². The number of nitrogens with zero attached hydrogens (tertiary/aromatic N) is 3. The van der Waals surface area contributed by atoms with E-state index >= 15 is 0 Å². The molecule has 0 spiro atoms. The van der Waals surface area contributed by atoms with Crippen molar-refractivity contribution >= 4 is 29.4 Å². The van der Waals surface area contributed by atoms with Gasteiger partial charge in [-0.2, -0.15) is 0 Å². The number of ether oxygens (including phenoxy) is 2. The number of fused-ring (bicyclic) bond motifs is 7. The van der Waals surface area contributed by atoms with Crippen LogP contribution in [-0.4, -0.2) is 45.6 Å². The smallest absolute Gasteiger partial charge is 0.302 e. The van der Waals surface area contributed by atoms with E-state index in [1.54, 1.807) is 4.68 Å². The van der Waals surface area contributed by atoms with E-state index in [1.165, 1.54) is 19.4 Å². The molecule has 1 N–H and O–H groups in total. The number of hydrogen-bond acceptors (Lipinski definition) is 7. The van der Waals surface area contributed by atoms with Crippen LogP contribution in [0.2, 0.25) is 5.02 Å². The Morgan fingerprint density at radius 2 is 1.67 bits per heavy atom. The first-order valence-corrected chi connectivity index (χ1v) is 20.7. The molecule has 0 radical (unpaired) electrons. The molecule has 4 saturated carbocycles. The highest BCUT2D eigenvalue weighted by molar-refractivity contribution is 6.31. The predicted octanol–water partition coefficient (Wildman–Crippen LogP) is 8.87. The molecule has 0 aliphatic heterocycles. The lowest BCUT2D eigenvalue weighted by Crippen LogP contribution is -2.66. The zero-order valence-corrected chi connectivity index (χ0v) is 34.5. The summed E-state index contributed by atoms with van der Waals surface area (Å²) >= 11 is 6.40. The van der Waals surface area contributed by atoms with Crippen LogP contribution in [-0.2, 0) is 36.9 Å². The van der Waals surface area contributed by atoms with Gasteiger partial charge in [0, 0.05) is 24.3 Å². The molecular formula is C44H61ClN4O5. The maximum atomic E-state index is 14.7. The summed E-state index contributed by atoms with van der Waals surface area (Å²) in [6, 6.07) is 7.74. The van der Waals surface area contributed by atoms with E-state index in [-0.39, 0.29) is 64.1 Å². The minimum atomic E-state index is -0.469. The normalized spacial score (nSPS) is 38.1. The molecule has 9 nitrogen and oxygen atoms in total. The van der Waals surface area contributed by atoms with E-state index in [0.717, 1.165) is 75.5 Å². The van der Waals surface area contributed by atoms with Gasteiger partial charge in [0.25, 0.3) is 0 Å². The molecule has 5 aliphatic carbocycles. The Morgan fingerprint density at radius 1 is 0.926 bits per heavy atom. The average Bonchev–Trinajstić information content (AvgIpc) is 3.56. The van der Waals surface area contributed by atoms with E-state index in [1.807, 2.05) is 30.5 Å². The van der Waals surface area contributed by atoms with Crippen molar-refractivity contribution in [1.82, 2.24) is 20.3 Å². The second-order valence-corrected chi connectivity index (χ2v) is 19.9. The molecule has 10 heteroatoms. The highest BCUT2D eigenvalue weighted by atomic mass is 35.5. The Morgan fingerprint density at radius 3 is 2.39 bits per heavy atom. The Kier molecular flexibility index (Phi) is 9.96. The van der Waals surface area contributed by atoms with Crippen LogP contribution in [0.15, 0.2) is 42.1 Å². The van der Waals surface area contributed by atoms with Gasteiger partial charge < -0.3 is 14.8 Å². The Balaban J connectivity index is 1.16. The van der Waals surface area contributed by atoms with E-state index < -0.39 is 10.8 Å². The number of esters is 2. The van der Waals surface area contributed by atoms with E-state index in [0.29, 0.717) is 24.0 Å². The molecule has 1 aromatic heterocycles. The molecule has 9 atom stereocenters. The van der Waals surface area contributed by atoms with Crippen LogP contribution in [0.1, 0.15) is 131 Å². The van der Waals surface area contributed by atoms with Gasteiger partial charge in [-0.05, 0) is 115 Å². The van der Waals surface area contributed by atoms with Gasteiger partial charge in [0.1, 0.15) is 18.4 Å². The van der Waals surface area contributed by atoms with E-state index in [9.17, 15) is 14.4 Å². The Labute approximate surface area is 326 Å². The van der Waals surface area contributed by atoms with Gasteiger partial charge in [-0.15, -0.1) is 5.10 Å². The van der Waals surface area contributed by atoms with Crippen LogP contribution < -0.4 is 5.32 Å². The lowest BCUT2D eigenvalue weighted by Gasteiger charge is -2.71. The van der Waals surface area contributed by atoms with Crippen LogP contribution in [0.25, 0.3) is 0 Å². The van der Waals surface area contributed by atoms with Crippen molar-refractivity contribution in [3.05, 3.63) is 58.4 Å². The summed E-state index contributed by atoms with van der Waals surface area (Å²) in [6.45, 7) is 18.6. The predicted molar refractivity (Wildman–Crippen MR) is 208 cm³/mol. The summed E-state index contributed by atoms with van der Waals surface area (Å²) in [5, 5.41) is 12.8. The molecule has 1 aromatic carbocycles. The third-order valence-corrected chi connectivity index (χ3v) is 16.4. The molecule has 54 heavy (non-hydrogen) atoms. The average molecular weight is 761 g/mol. The number of carbonyl (C=O) groups is 3. The van der Waals surface area contributed by atoms with Gasteiger partial charge in [-0.3, -0.25) is 14.4 Å². The second kappa shape index (κ2) is 13.8. The quantitative estimate of drug-likeness (QED) is 0.211. The number of allylic oxidation sites excluding steroid dienone is 2. The summed E-state index contributed by atoms with van der Waals surface area (Å²) in [5.41, 5.74) is 2.40. The fourth-order valence-electron chi connectivity index (χ4n) is 12.9. The van der Waals surface area contributed by atoms with Crippen LogP contribution in [0.5, 0.6) is 0 Å². The number of nitrogens with one attached hydrogen (secondary N) is 1. The minimum absolute atomic E-state index is 0.0232. The molecule has 0 unspecified atom stereocenters. The van der Waals surface area contributed by atoms with Crippen molar-refractivity contribution < 1.29 is 23.9 Å². The highest BCUT2D eigenvalue weighted by Gasteiger charge is 2.70. The minimum Gasteiger partial charge on any atom is -0.465 e. The Bertz CT molecular complexity index is 1840. The topological polar surface area (TPSA) is 112 Å². The summed E-state index contributed by atoms with van der Waals surface area (Å²) in [4.78, 5) is 39.1. The van der Waals surface area contributed by atoms with Gasteiger partial charge in [-0.25, -0.2) is 4.68 Å². The fraction of sp³-hybridized carbons (Fsp3) is 0.705. The molecule has 1 heterocycles. The first-order valence-electron chi connectivity index (χ1n) is 20.3. The van der Waals surface area contributed by atoms with Crippen LogP contribution in [0.4, 0.5) is 0 Å². The maximum Gasteiger partial charge on any atom is 0.302 e. The van der Waals surface area contributed by atoms with Crippen molar-refractivity contribution in [3.8, 4) is 0 Å². The third kappa shape index (κ3) is 6.32. The highest BCUT2D eigenvalue weighted by Crippen LogP contribution is 2.76. The summed E-state index contributed by atoms with van der Waals surface area (Å²) in [6.07, 6.45) is 13.7. The molecular weight excluding hydrogens is 700 g/mol. The van der Waals surface area contributed by atoms with Crippen LogP contribution in [0.3, 0.4) is 0 Å². The Hall–Kier alpha value is -3.20. The number of carbonyl (C=O) groups excluding carboxylic acids is 3. The van der Waals surface area contributed by atoms with E-state index in [4.69, 9.17) is 21.1 Å². The number of aromatic nitrogens is 3. The SMILES string of the molecule is CC(=O)OC[C@@]1(C)[C@@H]2CC[C@]3(C)[C@H](CC=C4[C@@H]5CC(C)(C)CC[C@]5(C(=O)NCc5cn(Cc6ccccc6Cl)nn5)CC[C@]43C)[C@@]2(C)CC[C@@H]1OC(C)=O. The van der Waals surface area contributed by atoms with Crippen molar-refractivity contribution in [2.75, 3.05) is 6.61 Å². The van der Waals surface area contributed by atoms with Crippen molar-refractivity contribution in [1.29, 1.82) is 0 Å². The first kappa shape index (κ1) is 39.1. The molecule has 0 saturated heterocycles. The largest absolute Gasteiger partial charge is 0.465 e. The van der Waals surface area contributed by atoms with Gasteiger partial charge in [0.05, 0.1) is 24.7 Å². The van der Waals surface area contributed by atoms with Crippen molar-refractivity contribution in [3.63, 3.8) is 0 Å². The standard InChI is InChI=1S/C44H61ClN4O5/c1-28(50)53-27-41(6)35-15-18-43(8)36(40(35,5)17-16-37(41)54-29(2)51)14-13-32-33-23-39(3,4)19-21-44(33,22-20-42(32,43)7)38(52)46-24-31-26-49(48-47-31)25-30-11-9-10-12-34(30)45/h9-13,26,33,35-37H,14-25,27H2,1-8H3,(H,46,52)/t33-,35+,36+,37-,40-,41-,42+,43+,44-/m0/s1. The molecule has 294 valence electrons. The van der Waals surface area contributed by atoms with Gasteiger partial charge in [0.2, 0.25) is 5.91 Å². The van der Waals surface area contributed by atoms with E-state index in [2.05, 4.69) is 63.2 Å². The van der Waals surface area contributed by atoms with Crippen molar-refractivity contribution in [2.24, 2.45) is 50.2 Å². The fourth-order valence-corrected chi connectivity index (χ4v) is 13.1. The number of hydrogen-bond donors (Lipinski definition) is 1. The lowest BCUT2D eigenvalue weighted by atomic mass is 9.33. The molecule has 0 bridgehead atoms. The summed E-state index contributed by atoms with van der Waals surface area (Å²) in [5.74, 6) is 0.407. The number of benzene rings is 1. The van der Waals surface area contributed by atoms with Gasteiger partial charge in [-0.1, -0.05) is 88.2 Å². The zero-order chi connectivity index (χ0) is 38.9. The lowest BCUT2D eigenvalue weighted by molar-refractivity contribution is -0.226. The maximum absolute atomic E-state index is 14.7. The van der Waals surface area contributed by atoms with Crippen LogP contribution >= 0.6 is 11.6 Å². The number of halogens is 1. The van der Waals surface area contributed by atoms with Crippen molar-refractivity contribution in [2.45, 2.75) is 139 Å².